The van der Waals surface area contributed by atoms with Gasteiger partial charge < -0.3 is 4.90 Å². The summed E-state index contributed by atoms with van der Waals surface area (Å²) in [7, 11) is 0. The monoisotopic (exact) mass is 341 g/mol. The number of rotatable bonds is 13. The molecule has 0 bridgehead atoms. The summed E-state index contributed by atoms with van der Waals surface area (Å²) in [5.41, 5.74) is 2.69. The van der Waals surface area contributed by atoms with Gasteiger partial charge in [-0.1, -0.05) is 87.2 Å². The standard InChI is InChI=1S/C23H35NO/c1-4-6-7-8-11-18-24(20-25)23(13-5-2)17-10-9-15-22-16-12-14-21(3)19-22/h8,10-12,14,16-17,19-20,23H,4-7,9,13,15,18H2,1-3H3/b11-8-,17-10+. The Kier molecular flexibility index (Phi) is 11.4. The maximum absolute atomic E-state index is 11.5. The molecule has 138 valence electrons. The van der Waals surface area contributed by atoms with E-state index in [2.05, 4.69) is 69.3 Å². The maximum Gasteiger partial charge on any atom is 0.210 e. The summed E-state index contributed by atoms with van der Waals surface area (Å²) in [6.45, 7) is 7.21. The maximum atomic E-state index is 11.5. The van der Waals surface area contributed by atoms with E-state index in [1.165, 1.54) is 24.0 Å². The van der Waals surface area contributed by atoms with Crippen LogP contribution in [0, 0.1) is 6.92 Å². The number of hydrogen-bond acceptors (Lipinski definition) is 1. The van der Waals surface area contributed by atoms with E-state index in [-0.39, 0.29) is 6.04 Å². The third-order valence-corrected chi connectivity index (χ3v) is 4.39. The normalized spacial score (nSPS) is 12.8. The van der Waals surface area contributed by atoms with Crippen molar-refractivity contribution in [1.82, 2.24) is 4.90 Å². The Morgan fingerprint density at radius 3 is 2.60 bits per heavy atom. The molecule has 0 heterocycles. The Labute approximate surface area is 154 Å². The number of hydrogen-bond donors (Lipinski definition) is 0. The van der Waals surface area contributed by atoms with Gasteiger partial charge in [0.05, 0.1) is 6.04 Å². The molecule has 2 nitrogen and oxygen atoms in total. The Balaban J connectivity index is 2.51. The number of carbonyl (C=O) groups excluding carboxylic acids is 1. The van der Waals surface area contributed by atoms with Crippen LogP contribution in [0.1, 0.15) is 63.5 Å². The molecule has 0 radical (unpaired) electrons. The molecule has 0 spiro atoms. The highest BCUT2D eigenvalue weighted by Crippen LogP contribution is 2.11. The first kappa shape index (κ1) is 21.2. The van der Waals surface area contributed by atoms with Gasteiger partial charge in [0.2, 0.25) is 6.41 Å². The lowest BCUT2D eigenvalue weighted by atomic mass is 10.1. The summed E-state index contributed by atoms with van der Waals surface area (Å²) in [6, 6.07) is 8.88. The average Bonchev–Trinajstić information content (AvgIpc) is 2.61. The first-order valence-electron chi connectivity index (χ1n) is 9.79. The van der Waals surface area contributed by atoms with Crippen LogP contribution in [0.2, 0.25) is 0 Å². The van der Waals surface area contributed by atoms with Crippen LogP contribution in [-0.4, -0.2) is 23.9 Å². The second kappa shape index (κ2) is 13.5. The number of allylic oxidation sites excluding steroid dienone is 2. The molecule has 0 saturated carbocycles. The van der Waals surface area contributed by atoms with Gasteiger partial charge in [-0.25, -0.2) is 0 Å². The van der Waals surface area contributed by atoms with E-state index < -0.39 is 0 Å². The highest BCUT2D eigenvalue weighted by molar-refractivity contribution is 5.48. The fourth-order valence-electron chi connectivity index (χ4n) is 2.93. The second-order valence-electron chi connectivity index (χ2n) is 6.73. The molecule has 0 saturated heterocycles. The van der Waals surface area contributed by atoms with Crippen LogP contribution in [0.25, 0.3) is 0 Å². The van der Waals surface area contributed by atoms with Crippen molar-refractivity contribution in [2.24, 2.45) is 0 Å². The molecule has 2 heteroatoms. The van der Waals surface area contributed by atoms with Crippen LogP contribution in [0.15, 0.2) is 48.6 Å². The Morgan fingerprint density at radius 2 is 1.92 bits per heavy atom. The largest absolute Gasteiger partial charge is 0.335 e. The van der Waals surface area contributed by atoms with Gasteiger partial charge in [0.1, 0.15) is 0 Å². The minimum Gasteiger partial charge on any atom is -0.335 e. The molecule has 0 aliphatic rings. The van der Waals surface area contributed by atoms with Crippen molar-refractivity contribution in [3.8, 4) is 0 Å². The van der Waals surface area contributed by atoms with Gasteiger partial charge >= 0.3 is 0 Å². The van der Waals surface area contributed by atoms with Gasteiger partial charge in [-0.3, -0.25) is 4.79 Å². The van der Waals surface area contributed by atoms with E-state index in [1.54, 1.807) is 0 Å². The van der Waals surface area contributed by atoms with Gasteiger partial charge in [0.15, 0.2) is 0 Å². The molecule has 0 aromatic heterocycles. The van der Waals surface area contributed by atoms with E-state index in [9.17, 15) is 4.79 Å². The molecule has 1 rings (SSSR count). The third kappa shape index (κ3) is 9.28. The molecule has 0 aliphatic heterocycles. The SMILES string of the molecule is CCCC/C=C\CN(C=O)C(/C=C/CCc1cccc(C)c1)CCC. The summed E-state index contributed by atoms with van der Waals surface area (Å²) >= 11 is 0. The number of unbranched alkanes of at least 4 members (excludes halogenated alkanes) is 2. The molecule has 0 N–H and O–H groups in total. The highest BCUT2D eigenvalue weighted by atomic mass is 16.1. The Morgan fingerprint density at radius 1 is 1.08 bits per heavy atom. The number of amides is 1. The van der Waals surface area contributed by atoms with Crippen LogP contribution in [0.4, 0.5) is 0 Å². The number of aryl methyl sites for hydroxylation is 2. The molecule has 1 aromatic rings. The van der Waals surface area contributed by atoms with Gasteiger partial charge in [-0.05, 0) is 38.2 Å². The molecular weight excluding hydrogens is 306 g/mol. The number of carbonyl (C=O) groups is 1. The van der Waals surface area contributed by atoms with E-state index in [1.807, 2.05) is 4.90 Å². The second-order valence-corrected chi connectivity index (χ2v) is 6.73. The molecule has 1 atom stereocenters. The summed E-state index contributed by atoms with van der Waals surface area (Å²) in [6.07, 6.45) is 17.5. The smallest absolute Gasteiger partial charge is 0.210 e. The zero-order valence-corrected chi connectivity index (χ0v) is 16.3. The molecule has 0 aliphatic carbocycles. The molecule has 1 aromatic carbocycles. The Bertz CT molecular complexity index is 533. The highest BCUT2D eigenvalue weighted by Gasteiger charge is 2.11. The zero-order chi connectivity index (χ0) is 18.3. The quantitative estimate of drug-likeness (QED) is 0.250. The summed E-state index contributed by atoms with van der Waals surface area (Å²) < 4.78 is 0. The molecule has 25 heavy (non-hydrogen) atoms. The number of nitrogens with zero attached hydrogens (tertiary/aromatic N) is 1. The van der Waals surface area contributed by atoms with E-state index in [4.69, 9.17) is 0 Å². The van der Waals surface area contributed by atoms with E-state index >= 15 is 0 Å². The molecule has 0 fully saturated rings. The van der Waals surface area contributed by atoms with Crippen molar-refractivity contribution in [3.63, 3.8) is 0 Å². The van der Waals surface area contributed by atoms with Crippen molar-refractivity contribution < 1.29 is 4.79 Å². The van der Waals surface area contributed by atoms with Crippen molar-refractivity contribution in [1.29, 1.82) is 0 Å². The van der Waals surface area contributed by atoms with Crippen molar-refractivity contribution >= 4 is 6.41 Å². The summed E-state index contributed by atoms with van der Waals surface area (Å²) in [5, 5.41) is 0. The fraction of sp³-hybridized carbons (Fsp3) is 0.522. The minimum atomic E-state index is 0.204. The lowest BCUT2D eigenvalue weighted by molar-refractivity contribution is -0.119. The van der Waals surface area contributed by atoms with Crippen LogP contribution in [0.5, 0.6) is 0 Å². The minimum absolute atomic E-state index is 0.204. The van der Waals surface area contributed by atoms with Crippen molar-refractivity contribution in [2.45, 2.75) is 71.8 Å². The van der Waals surface area contributed by atoms with Crippen LogP contribution >= 0.6 is 0 Å². The molecule has 1 amide bonds. The first-order valence-corrected chi connectivity index (χ1v) is 9.79. The zero-order valence-electron chi connectivity index (χ0n) is 16.3. The van der Waals surface area contributed by atoms with Crippen LogP contribution < -0.4 is 0 Å². The van der Waals surface area contributed by atoms with Gasteiger partial charge in [-0.15, -0.1) is 0 Å². The van der Waals surface area contributed by atoms with E-state index in [0.717, 1.165) is 38.5 Å². The van der Waals surface area contributed by atoms with Gasteiger partial charge in [0.25, 0.3) is 0 Å². The Hall–Kier alpha value is -1.83. The number of benzene rings is 1. The summed E-state index contributed by atoms with van der Waals surface area (Å²) in [4.78, 5) is 13.4. The predicted molar refractivity (Wildman–Crippen MR) is 109 cm³/mol. The molecule has 1 unspecified atom stereocenters. The first-order chi connectivity index (χ1) is 12.2. The topological polar surface area (TPSA) is 20.3 Å². The lowest BCUT2D eigenvalue weighted by Gasteiger charge is -2.24. The fourth-order valence-corrected chi connectivity index (χ4v) is 2.93. The average molecular weight is 342 g/mol. The van der Waals surface area contributed by atoms with E-state index in [0.29, 0.717) is 6.54 Å². The predicted octanol–water partition coefficient (Wildman–Crippen LogP) is 5.86. The van der Waals surface area contributed by atoms with Crippen molar-refractivity contribution in [3.05, 3.63) is 59.7 Å². The summed E-state index contributed by atoms with van der Waals surface area (Å²) in [5.74, 6) is 0. The lowest BCUT2D eigenvalue weighted by Crippen LogP contribution is -2.32. The van der Waals surface area contributed by atoms with Gasteiger partial charge in [0, 0.05) is 6.54 Å². The third-order valence-electron chi connectivity index (χ3n) is 4.39. The van der Waals surface area contributed by atoms with Crippen LogP contribution in [-0.2, 0) is 11.2 Å². The van der Waals surface area contributed by atoms with Crippen LogP contribution in [0.3, 0.4) is 0 Å². The van der Waals surface area contributed by atoms with Crippen molar-refractivity contribution in [2.75, 3.05) is 6.54 Å². The molecular formula is C23H35NO. The van der Waals surface area contributed by atoms with Gasteiger partial charge in [-0.2, -0.15) is 0 Å².